The quantitative estimate of drug-likeness (QED) is 0.345. The van der Waals surface area contributed by atoms with E-state index in [1.165, 1.54) is 0 Å². The molecule has 0 rings (SSSR count). The van der Waals surface area contributed by atoms with Crippen LogP contribution in [0.1, 0.15) is 46.5 Å². The molecule has 0 aromatic heterocycles. The summed E-state index contributed by atoms with van der Waals surface area (Å²) < 4.78 is 10.4. The van der Waals surface area contributed by atoms with Crippen molar-refractivity contribution in [2.75, 3.05) is 19.8 Å². The smallest absolute Gasteiger partial charge is 0.308 e. The fourth-order valence-electron chi connectivity index (χ4n) is 1.47. The summed E-state index contributed by atoms with van der Waals surface area (Å²) in [5, 5.41) is 0.174. The van der Waals surface area contributed by atoms with Gasteiger partial charge < -0.3 is 9.47 Å². The van der Waals surface area contributed by atoms with E-state index in [1.54, 1.807) is 0 Å². The number of carbonyl (C=O) groups excluding carboxylic acids is 1. The third-order valence-corrected chi connectivity index (χ3v) is 2.52. The molecular formula is C13H25ClO3. The van der Waals surface area contributed by atoms with Crippen LogP contribution in [0, 0.1) is 5.92 Å². The fourth-order valence-corrected chi connectivity index (χ4v) is 1.77. The molecule has 0 amide bonds. The highest BCUT2D eigenvalue weighted by molar-refractivity contribution is 6.20. The highest BCUT2D eigenvalue weighted by Gasteiger charge is 2.07. The van der Waals surface area contributed by atoms with Gasteiger partial charge in [-0.3, -0.25) is 4.79 Å². The van der Waals surface area contributed by atoms with Gasteiger partial charge in [-0.2, -0.15) is 0 Å². The molecule has 0 bridgehead atoms. The van der Waals surface area contributed by atoms with E-state index in [-0.39, 0.29) is 11.3 Å². The van der Waals surface area contributed by atoms with Crippen molar-refractivity contribution in [2.24, 2.45) is 5.92 Å². The van der Waals surface area contributed by atoms with E-state index in [4.69, 9.17) is 21.1 Å². The van der Waals surface area contributed by atoms with E-state index >= 15 is 0 Å². The van der Waals surface area contributed by atoms with Crippen molar-refractivity contribution in [3.8, 4) is 0 Å². The predicted octanol–water partition coefficient (Wildman–Crippen LogP) is 3.39. The number of rotatable bonds is 10. The van der Waals surface area contributed by atoms with Crippen LogP contribution >= 0.6 is 11.6 Å². The molecule has 0 saturated heterocycles. The number of hydrogen-bond donors (Lipinski definition) is 0. The molecule has 102 valence electrons. The van der Waals surface area contributed by atoms with E-state index in [9.17, 15) is 4.79 Å². The number of unbranched alkanes of at least 4 members (excludes halogenated alkanes) is 1. The van der Waals surface area contributed by atoms with Gasteiger partial charge in [0.2, 0.25) is 0 Å². The maximum absolute atomic E-state index is 11.2. The van der Waals surface area contributed by atoms with Crippen molar-refractivity contribution in [1.29, 1.82) is 0 Å². The van der Waals surface area contributed by atoms with Gasteiger partial charge in [-0.05, 0) is 25.7 Å². The largest absolute Gasteiger partial charge is 0.466 e. The van der Waals surface area contributed by atoms with Gasteiger partial charge in [0.1, 0.15) is 0 Å². The van der Waals surface area contributed by atoms with Gasteiger partial charge in [-0.1, -0.05) is 20.3 Å². The Morgan fingerprint density at radius 2 is 2.00 bits per heavy atom. The zero-order valence-electron chi connectivity index (χ0n) is 11.2. The van der Waals surface area contributed by atoms with Crippen LogP contribution in [-0.4, -0.2) is 31.2 Å². The molecule has 0 aliphatic heterocycles. The first-order valence-corrected chi connectivity index (χ1v) is 6.87. The SMILES string of the molecule is CCCCOC(=O)CCOCC(C)CC(C)Cl. The Morgan fingerprint density at radius 1 is 1.29 bits per heavy atom. The normalized spacial score (nSPS) is 14.4. The molecule has 0 aromatic carbocycles. The summed E-state index contributed by atoms with van der Waals surface area (Å²) in [5.41, 5.74) is 0. The van der Waals surface area contributed by atoms with Crippen molar-refractivity contribution in [3.05, 3.63) is 0 Å². The van der Waals surface area contributed by atoms with Gasteiger partial charge >= 0.3 is 5.97 Å². The zero-order valence-corrected chi connectivity index (χ0v) is 12.0. The third kappa shape index (κ3) is 12.0. The Kier molecular flexibility index (Phi) is 10.7. The lowest BCUT2D eigenvalue weighted by Gasteiger charge is -2.12. The standard InChI is InChI=1S/C13H25ClO3/c1-4-5-7-17-13(15)6-8-16-10-11(2)9-12(3)14/h11-12H,4-10H2,1-3H3. The highest BCUT2D eigenvalue weighted by Crippen LogP contribution is 2.10. The van der Waals surface area contributed by atoms with Crippen LogP contribution in [0.4, 0.5) is 0 Å². The van der Waals surface area contributed by atoms with Crippen molar-refractivity contribution in [2.45, 2.75) is 51.8 Å². The minimum atomic E-state index is -0.170. The van der Waals surface area contributed by atoms with Gasteiger partial charge in [-0.25, -0.2) is 0 Å². The zero-order chi connectivity index (χ0) is 13.1. The van der Waals surface area contributed by atoms with Crippen molar-refractivity contribution in [3.63, 3.8) is 0 Å². The number of alkyl halides is 1. The molecule has 2 atom stereocenters. The number of ether oxygens (including phenoxy) is 2. The van der Waals surface area contributed by atoms with E-state index in [0.29, 0.717) is 32.2 Å². The van der Waals surface area contributed by atoms with Crippen LogP contribution in [-0.2, 0) is 14.3 Å². The summed E-state index contributed by atoms with van der Waals surface area (Å²) in [6.45, 7) is 7.75. The summed E-state index contributed by atoms with van der Waals surface area (Å²) in [7, 11) is 0. The molecule has 4 heteroatoms. The second kappa shape index (κ2) is 10.8. The lowest BCUT2D eigenvalue weighted by atomic mass is 10.1. The summed E-state index contributed by atoms with van der Waals surface area (Å²) >= 11 is 5.88. The van der Waals surface area contributed by atoms with Gasteiger partial charge in [-0.15, -0.1) is 11.6 Å². The lowest BCUT2D eigenvalue weighted by Crippen LogP contribution is -2.13. The van der Waals surface area contributed by atoms with Gasteiger partial charge in [0.05, 0.1) is 19.6 Å². The topological polar surface area (TPSA) is 35.5 Å². The molecule has 0 radical (unpaired) electrons. The van der Waals surface area contributed by atoms with Crippen LogP contribution in [0.3, 0.4) is 0 Å². The lowest BCUT2D eigenvalue weighted by molar-refractivity contribution is -0.145. The Morgan fingerprint density at radius 3 is 2.59 bits per heavy atom. The summed E-state index contributed by atoms with van der Waals surface area (Å²) in [5.74, 6) is 0.260. The minimum Gasteiger partial charge on any atom is -0.466 e. The van der Waals surface area contributed by atoms with Crippen molar-refractivity contribution >= 4 is 17.6 Å². The molecule has 2 unspecified atom stereocenters. The first kappa shape index (κ1) is 16.7. The first-order valence-electron chi connectivity index (χ1n) is 6.43. The van der Waals surface area contributed by atoms with Gasteiger partial charge in [0.15, 0.2) is 0 Å². The second-order valence-corrected chi connectivity index (χ2v) is 5.27. The second-order valence-electron chi connectivity index (χ2n) is 4.52. The number of carbonyl (C=O) groups is 1. The fraction of sp³-hybridized carbons (Fsp3) is 0.923. The predicted molar refractivity (Wildman–Crippen MR) is 70.4 cm³/mol. The molecule has 0 heterocycles. The average molecular weight is 265 g/mol. The van der Waals surface area contributed by atoms with Gasteiger partial charge in [0.25, 0.3) is 0 Å². The van der Waals surface area contributed by atoms with Gasteiger partial charge in [0, 0.05) is 12.0 Å². The molecular weight excluding hydrogens is 240 g/mol. The number of esters is 1. The van der Waals surface area contributed by atoms with E-state index in [0.717, 1.165) is 19.3 Å². The Bertz CT molecular complexity index is 195. The Labute approximate surface area is 110 Å². The maximum atomic E-state index is 11.2. The maximum Gasteiger partial charge on any atom is 0.308 e. The summed E-state index contributed by atoms with van der Waals surface area (Å²) in [4.78, 5) is 11.2. The Balaban J connectivity index is 3.35. The van der Waals surface area contributed by atoms with Crippen LogP contribution < -0.4 is 0 Å². The molecule has 0 spiro atoms. The highest BCUT2D eigenvalue weighted by atomic mass is 35.5. The average Bonchev–Trinajstić information content (AvgIpc) is 2.24. The molecule has 0 aliphatic carbocycles. The molecule has 0 N–H and O–H groups in total. The van der Waals surface area contributed by atoms with Crippen molar-refractivity contribution in [1.82, 2.24) is 0 Å². The number of hydrogen-bond acceptors (Lipinski definition) is 3. The van der Waals surface area contributed by atoms with Crippen LogP contribution in [0.2, 0.25) is 0 Å². The number of halogens is 1. The van der Waals surface area contributed by atoms with E-state index < -0.39 is 0 Å². The third-order valence-electron chi connectivity index (χ3n) is 2.34. The molecule has 0 fully saturated rings. The van der Waals surface area contributed by atoms with Crippen molar-refractivity contribution < 1.29 is 14.3 Å². The molecule has 3 nitrogen and oxygen atoms in total. The molecule has 0 aliphatic rings. The molecule has 17 heavy (non-hydrogen) atoms. The van der Waals surface area contributed by atoms with Crippen LogP contribution in [0.15, 0.2) is 0 Å². The van der Waals surface area contributed by atoms with E-state index in [2.05, 4.69) is 13.8 Å². The summed E-state index contributed by atoms with van der Waals surface area (Å²) in [6.07, 6.45) is 3.24. The van der Waals surface area contributed by atoms with Crippen LogP contribution in [0.5, 0.6) is 0 Å². The molecule has 0 aromatic rings. The monoisotopic (exact) mass is 264 g/mol. The molecule has 0 saturated carbocycles. The Hall–Kier alpha value is -0.280. The summed E-state index contributed by atoms with van der Waals surface area (Å²) in [6, 6.07) is 0. The first-order chi connectivity index (χ1) is 8.06. The van der Waals surface area contributed by atoms with Crippen LogP contribution in [0.25, 0.3) is 0 Å². The minimum absolute atomic E-state index is 0.170. The van der Waals surface area contributed by atoms with E-state index in [1.807, 2.05) is 6.92 Å².